The molecule has 0 aromatic heterocycles. The molecule has 1 aliphatic heterocycles. The number of aryl methyl sites for hydroxylation is 1. The summed E-state index contributed by atoms with van der Waals surface area (Å²) >= 11 is 0. The van der Waals surface area contributed by atoms with Crippen LogP contribution in [0.5, 0.6) is 5.75 Å². The molecule has 0 atom stereocenters. The maximum Gasteiger partial charge on any atom is 0.119 e. The Bertz CT molecular complexity index is 481. The van der Waals surface area contributed by atoms with Crippen LogP contribution in [0.4, 0.5) is 0 Å². The second-order valence-electron chi connectivity index (χ2n) is 5.23. The first kappa shape index (κ1) is 14.9. The fourth-order valence-electron chi connectivity index (χ4n) is 2.49. The minimum atomic E-state index is 0.396. The van der Waals surface area contributed by atoms with Gasteiger partial charge in [0, 0.05) is 12.1 Å². The third-order valence-corrected chi connectivity index (χ3v) is 3.65. The lowest BCUT2D eigenvalue weighted by atomic mass is 10.1. The van der Waals surface area contributed by atoms with E-state index in [4.69, 9.17) is 10.5 Å². The van der Waals surface area contributed by atoms with Crippen LogP contribution in [0.3, 0.4) is 0 Å². The van der Waals surface area contributed by atoms with Gasteiger partial charge in [-0.25, -0.2) is 0 Å². The normalized spacial score (nSPS) is 15.5. The van der Waals surface area contributed by atoms with Crippen molar-refractivity contribution < 1.29 is 4.74 Å². The van der Waals surface area contributed by atoms with E-state index in [0.717, 1.165) is 30.0 Å². The van der Waals surface area contributed by atoms with Crippen LogP contribution in [0.2, 0.25) is 0 Å². The van der Waals surface area contributed by atoms with Gasteiger partial charge in [-0.15, -0.1) is 0 Å². The Labute approximate surface area is 122 Å². The molecule has 0 amide bonds. The van der Waals surface area contributed by atoms with Crippen molar-refractivity contribution in [1.82, 2.24) is 4.90 Å². The Morgan fingerprint density at radius 3 is 2.75 bits per heavy atom. The van der Waals surface area contributed by atoms with E-state index in [0.29, 0.717) is 6.54 Å². The van der Waals surface area contributed by atoms with E-state index in [1.165, 1.54) is 32.4 Å². The highest BCUT2D eigenvalue weighted by atomic mass is 16.5. The fourth-order valence-corrected chi connectivity index (χ4v) is 2.49. The third-order valence-electron chi connectivity index (χ3n) is 3.65. The molecular weight excluding hydrogens is 248 g/mol. The van der Waals surface area contributed by atoms with Crippen LogP contribution >= 0.6 is 0 Å². The topological polar surface area (TPSA) is 38.5 Å². The van der Waals surface area contributed by atoms with Crippen molar-refractivity contribution in [2.75, 3.05) is 32.8 Å². The molecule has 1 aliphatic rings. The summed E-state index contributed by atoms with van der Waals surface area (Å²) in [5.41, 5.74) is 7.56. The van der Waals surface area contributed by atoms with Crippen LogP contribution in [-0.4, -0.2) is 37.7 Å². The van der Waals surface area contributed by atoms with Gasteiger partial charge in [0.1, 0.15) is 12.4 Å². The molecule has 2 rings (SSSR count). The SMILES string of the molecule is Cc1cc(OCCN2CCCCC2)ccc1C#CCN. The molecule has 0 spiro atoms. The first-order chi connectivity index (χ1) is 9.79. The van der Waals surface area contributed by atoms with E-state index in [1.807, 2.05) is 12.1 Å². The summed E-state index contributed by atoms with van der Waals surface area (Å²) in [5.74, 6) is 6.88. The number of nitrogens with zero attached hydrogens (tertiary/aromatic N) is 1. The van der Waals surface area contributed by atoms with Gasteiger partial charge in [-0.05, 0) is 56.6 Å². The van der Waals surface area contributed by atoms with Crippen LogP contribution in [0.15, 0.2) is 18.2 Å². The molecule has 1 fully saturated rings. The highest BCUT2D eigenvalue weighted by molar-refractivity contribution is 5.44. The molecule has 0 radical (unpaired) electrons. The van der Waals surface area contributed by atoms with Crippen LogP contribution in [0.25, 0.3) is 0 Å². The van der Waals surface area contributed by atoms with E-state index in [-0.39, 0.29) is 0 Å². The fraction of sp³-hybridized carbons (Fsp3) is 0.529. The number of rotatable bonds is 4. The van der Waals surface area contributed by atoms with Crippen molar-refractivity contribution in [1.29, 1.82) is 0 Å². The lowest BCUT2D eigenvalue weighted by Gasteiger charge is -2.26. The summed E-state index contributed by atoms with van der Waals surface area (Å²) in [7, 11) is 0. The van der Waals surface area contributed by atoms with Gasteiger partial charge in [0.2, 0.25) is 0 Å². The van der Waals surface area contributed by atoms with E-state index >= 15 is 0 Å². The van der Waals surface area contributed by atoms with Gasteiger partial charge < -0.3 is 10.5 Å². The molecule has 1 heterocycles. The van der Waals surface area contributed by atoms with Gasteiger partial charge in [-0.2, -0.15) is 0 Å². The van der Waals surface area contributed by atoms with E-state index in [1.54, 1.807) is 0 Å². The smallest absolute Gasteiger partial charge is 0.119 e. The predicted octanol–water partition coefficient (Wildman–Crippen LogP) is 2.17. The Morgan fingerprint density at radius 1 is 1.25 bits per heavy atom. The van der Waals surface area contributed by atoms with Crippen molar-refractivity contribution in [3.8, 4) is 17.6 Å². The zero-order chi connectivity index (χ0) is 14.2. The Balaban J connectivity index is 1.82. The van der Waals surface area contributed by atoms with Gasteiger partial charge in [0.25, 0.3) is 0 Å². The summed E-state index contributed by atoms with van der Waals surface area (Å²) in [6.07, 6.45) is 4.03. The summed E-state index contributed by atoms with van der Waals surface area (Å²) < 4.78 is 5.83. The van der Waals surface area contributed by atoms with Crippen LogP contribution in [0, 0.1) is 18.8 Å². The van der Waals surface area contributed by atoms with E-state index < -0.39 is 0 Å². The third kappa shape index (κ3) is 4.56. The summed E-state index contributed by atoms with van der Waals surface area (Å²) in [4.78, 5) is 2.48. The average Bonchev–Trinajstić information content (AvgIpc) is 2.47. The zero-order valence-corrected chi connectivity index (χ0v) is 12.3. The molecule has 1 saturated heterocycles. The van der Waals surface area contributed by atoms with Gasteiger partial charge in [0.05, 0.1) is 6.54 Å². The highest BCUT2D eigenvalue weighted by Crippen LogP contribution is 2.17. The average molecular weight is 272 g/mol. The monoisotopic (exact) mass is 272 g/mol. The number of hydrogen-bond acceptors (Lipinski definition) is 3. The summed E-state index contributed by atoms with van der Waals surface area (Å²) in [6, 6.07) is 6.05. The maximum absolute atomic E-state index is 5.83. The number of piperidine rings is 1. The molecular formula is C17H24N2O. The molecule has 0 aliphatic carbocycles. The van der Waals surface area contributed by atoms with Crippen molar-refractivity contribution >= 4 is 0 Å². The van der Waals surface area contributed by atoms with Crippen LogP contribution in [0.1, 0.15) is 30.4 Å². The number of hydrogen-bond donors (Lipinski definition) is 1. The zero-order valence-electron chi connectivity index (χ0n) is 12.3. The lowest BCUT2D eigenvalue weighted by Crippen LogP contribution is -2.33. The summed E-state index contributed by atoms with van der Waals surface area (Å²) in [6.45, 7) is 6.67. The molecule has 0 unspecified atom stereocenters. The van der Waals surface area contributed by atoms with Gasteiger partial charge in [-0.3, -0.25) is 4.90 Å². The predicted molar refractivity (Wildman–Crippen MR) is 82.9 cm³/mol. The Morgan fingerprint density at radius 2 is 2.05 bits per heavy atom. The molecule has 0 saturated carbocycles. The quantitative estimate of drug-likeness (QED) is 0.854. The van der Waals surface area contributed by atoms with Gasteiger partial charge >= 0.3 is 0 Å². The molecule has 1 aromatic rings. The molecule has 2 N–H and O–H groups in total. The first-order valence-corrected chi connectivity index (χ1v) is 7.44. The van der Waals surface area contributed by atoms with Crippen LogP contribution in [-0.2, 0) is 0 Å². The van der Waals surface area contributed by atoms with Crippen molar-refractivity contribution in [2.24, 2.45) is 5.73 Å². The first-order valence-electron chi connectivity index (χ1n) is 7.44. The second-order valence-corrected chi connectivity index (χ2v) is 5.23. The minimum absolute atomic E-state index is 0.396. The van der Waals surface area contributed by atoms with Crippen LogP contribution < -0.4 is 10.5 Å². The molecule has 1 aromatic carbocycles. The number of nitrogens with two attached hydrogens (primary N) is 1. The second kappa shape index (κ2) is 7.94. The largest absolute Gasteiger partial charge is 0.492 e. The highest BCUT2D eigenvalue weighted by Gasteiger charge is 2.09. The number of benzene rings is 1. The number of ether oxygens (including phenoxy) is 1. The van der Waals surface area contributed by atoms with E-state index in [2.05, 4.69) is 29.7 Å². The van der Waals surface area contributed by atoms with Crippen molar-refractivity contribution in [2.45, 2.75) is 26.2 Å². The van der Waals surface area contributed by atoms with Crippen molar-refractivity contribution in [3.05, 3.63) is 29.3 Å². The molecule has 3 heteroatoms. The Hall–Kier alpha value is -1.50. The van der Waals surface area contributed by atoms with E-state index in [9.17, 15) is 0 Å². The molecule has 3 nitrogen and oxygen atoms in total. The number of likely N-dealkylation sites (tertiary alicyclic amines) is 1. The van der Waals surface area contributed by atoms with Gasteiger partial charge in [0.15, 0.2) is 0 Å². The molecule has 0 bridgehead atoms. The molecule has 20 heavy (non-hydrogen) atoms. The maximum atomic E-state index is 5.83. The standard InChI is InChI=1S/C17H24N2O/c1-15-14-17(8-7-16(15)6-5-9-18)20-13-12-19-10-3-2-4-11-19/h7-8,14H,2-4,9-13,18H2,1H3. The molecule has 108 valence electrons. The van der Waals surface area contributed by atoms with Crippen molar-refractivity contribution in [3.63, 3.8) is 0 Å². The lowest BCUT2D eigenvalue weighted by molar-refractivity contribution is 0.183. The minimum Gasteiger partial charge on any atom is -0.492 e. The summed E-state index contributed by atoms with van der Waals surface area (Å²) in [5, 5.41) is 0. The Kier molecular flexibility index (Phi) is 5.91. The van der Waals surface area contributed by atoms with Gasteiger partial charge in [-0.1, -0.05) is 18.3 Å².